The summed E-state index contributed by atoms with van der Waals surface area (Å²) in [7, 11) is -1.49. The van der Waals surface area contributed by atoms with E-state index in [4.69, 9.17) is 0 Å². The zero-order chi connectivity index (χ0) is 10.1. The molecule has 0 spiro atoms. The van der Waals surface area contributed by atoms with Gasteiger partial charge in [0.25, 0.3) is 10.2 Å². The molecule has 5 heteroatoms. The lowest BCUT2D eigenvalue weighted by Crippen LogP contribution is -2.48. The Balaban J connectivity index is 2.73. The molecule has 4 nitrogen and oxygen atoms in total. The first kappa shape index (κ1) is 10.9. The topological polar surface area (TPSA) is 40.6 Å². The van der Waals surface area contributed by atoms with Gasteiger partial charge in [0.05, 0.1) is 0 Å². The largest absolute Gasteiger partial charge is 0.281 e. The summed E-state index contributed by atoms with van der Waals surface area (Å²) in [5, 5.41) is 0. The summed E-state index contributed by atoms with van der Waals surface area (Å²) in [6, 6.07) is 0. The van der Waals surface area contributed by atoms with Crippen LogP contribution in [-0.2, 0) is 10.2 Å². The monoisotopic (exact) mass is 206 g/mol. The van der Waals surface area contributed by atoms with Gasteiger partial charge in [-0.2, -0.15) is 17.0 Å². The number of hydrogen-bond donors (Lipinski definition) is 0. The molecule has 1 saturated heterocycles. The van der Waals surface area contributed by atoms with Crippen LogP contribution in [0, 0.1) is 5.92 Å². The molecule has 1 heterocycles. The maximum Gasteiger partial charge on any atom is 0.281 e. The normalized spacial score (nSPS) is 25.2. The fourth-order valence-electron chi connectivity index (χ4n) is 1.49. The Kier molecular flexibility index (Phi) is 3.32. The van der Waals surface area contributed by atoms with Crippen LogP contribution in [0.1, 0.15) is 20.3 Å². The molecular weight excluding hydrogens is 188 g/mol. The van der Waals surface area contributed by atoms with Crippen molar-refractivity contribution in [1.29, 1.82) is 0 Å². The lowest BCUT2D eigenvalue weighted by atomic mass is 10.2. The van der Waals surface area contributed by atoms with Crippen LogP contribution in [0.2, 0.25) is 0 Å². The fourth-order valence-corrected chi connectivity index (χ4v) is 3.09. The molecule has 0 radical (unpaired) electrons. The molecule has 0 aromatic rings. The molecule has 1 fully saturated rings. The minimum atomic E-state index is -3.13. The lowest BCUT2D eigenvalue weighted by Gasteiger charge is -2.33. The Hall–Kier alpha value is -0.130. The van der Waals surface area contributed by atoms with Gasteiger partial charge in [0, 0.05) is 26.7 Å². The highest BCUT2D eigenvalue weighted by Crippen LogP contribution is 2.15. The van der Waals surface area contributed by atoms with Crippen LogP contribution in [0.3, 0.4) is 0 Å². The molecule has 78 valence electrons. The second kappa shape index (κ2) is 3.94. The van der Waals surface area contributed by atoms with Crippen molar-refractivity contribution < 1.29 is 8.42 Å². The van der Waals surface area contributed by atoms with Gasteiger partial charge < -0.3 is 0 Å². The molecule has 0 aromatic carbocycles. The van der Waals surface area contributed by atoms with E-state index in [0.717, 1.165) is 6.42 Å². The maximum absolute atomic E-state index is 11.7. The van der Waals surface area contributed by atoms with E-state index in [9.17, 15) is 8.42 Å². The molecule has 0 unspecified atom stereocenters. The summed E-state index contributed by atoms with van der Waals surface area (Å²) in [5.41, 5.74) is 0. The van der Waals surface area contributed by atoms with Crippen LogP contribution in [0.15, 0.2) is 0 Å². The highest BCUT2D eigenvalue weighted by atomic mass is 32.2. The molecule has 1 aliphatic heterocycles. The van der Waals surface area contributed by atoms with Crippen molar-refractivity contribution in [3.8, 4) is 0 Å². The first-order valence-corrected chi connectivity index (χ1v) is 6.05. The van der Waals surface area contributed by atoms with Crippen molar-refractivity contribution in [2.24, 2.45) is 5.92 Å². The van der Waals surface area contributed by atoms with Gasteiger partial charge in [0.2, 0.25) is 0 Å². The molecule has 0 aromatic heterocycles. The SMILES string of the molecule is CC(C)CN1CCCN(C)S1(=O)=O. The van der Waals surface area contributed by atoms with Gasteiger partial charge in [-0.15, -0.1) is 0 Å². The zero-order valence-electron chi connectivity index (χ0n) is 8.52. The van der Waals surface area contributed by atoms with E-state index >= 15 is 0 Å². The Morgan fingerprint density at radius 3 is 2.46 bits per heavy atom. The minimum Gasteiger partial charge on any atom is -0.195 e. The average Bonchev–Trinajstić information content (AvgIpc) is 1.99. The third kappa shape index (κ3) is 2.42. The van der Waals surface area contributed by atoms with Crippen LogP contribution in [-0.4, -0.2) is 43.7 Å². The van der Waals surface area contributed by atoms with Crippen LogP contribution in [0.25, 0.3) is 0 Å². The number of rotatable bonds is 2. The number of nitrogens with zero attached hydrogens (tertiary/aromatic N) is 2. The van der Waals surface area contributed by atoms with E-state index in [1.54, 1.807) is 11.4 Å². The molecule has 0 amide bonds. The van der Waals surface area contributed by atoms with Gasteiger partial charge in [-0.25, -0.2) is 0 Å². The molecule has 1 aliphatic rings. The molecule has 0 aliphatic carbocycles. The van der Waals surface area contributed by atoms with E-state index in [1.165, 1.54) is 4.31 Å². The maximum atomic E-state index is 11.7. The summed E-state index contributed by atoms with van der Waals surface area (Å²) in [6.07, 6.45) is 0.933. The van der Waals surface area contributed by atoms with Crippen LogP contribution in [0.5, 0.6) is 0 Å². The Bertz CT molecular complexity index is 261. The highest BCUT2D eigenvalue weighted by Gasteiger charge is 2.30. The van der Waals surface area contributed by atoms with Crippen molar-refractivity contribution in [3.63, 3.8) is 0 Å². The minimum absolute atomic E-state index is 0.390. The molecule has 1 rings (SSSR count). The standard InChI is InChI=1S/C8H18N2O2S/c1-8(2)7-10-6-4-5-9(3)13(10,11)12/h8H,4-7H2,1-3H3. The smallest absolute Gasteiger partial charge is 0.195 e. The summed E-state index contributed by atoms with van der Waals surface area (Å²) in [4.78, 5) is 0. The fraction of sp³-hybridized carbons (Fsp3) is 1.00. The van der Waals surface area contributed by atoms with Gasteiger partial charge in [-0.05, 0) is 12.3 Å². The van der Waals surface area contributed by atoms with Crippen LogP contribution < -0.4 is 0 Å². The summed E-state index contributed by atoms with van der Waals surface area (Å²) >= 11 is 0. The van der Waals surface area contributed by atoms with E-state index < -0.39 is 10.2 Å². The van der Waals surface area contributed by atoms with Crippen molar-refractivity contribution in [3.05, 3.63) is 0 Å². The van der Waals surface area contributed by atoms with Gasteiger partial charge in [-0.3, -0.25) is 0 Å². The summed E-state index contributed by atoms with van der Waals surface area (Å²) in [6.45, 7) is 6.02. The van der Waals surface area contributed by atoms with E-state index in [2.05, 4.69) is 0 Å². The van der Waals surface area contributed by atoms with E-state index in [0.29, 0.717) is 25.6 Å². The van der Waals surface area contributed by atoms with Gasteiger partial charge in [-0.1, -0.05) is 13.8 Å². The molecule has 0 bridgehead atoms. The van der Waals surface area contributed by atoms with Gasteiger partial charge in [0.1, 0.15) is 0 Å². The second-order valence-electron chi connectivity index (χ2n) is 3.93. The van der Waals surface area contributed by atoms with Crippen LogP contribution in [0.4, 0.5) is 0 Å². The molecule has 0 N–H and O–H groups in total. The molecule has 0 saturated carbocycles. The summed E-state index contributed by atoms with van der Waals surface area (Å²) in [5.74, 6) is 0.390. The predicted octanol–water partition coefficient (Wildman–Crippen LogP) is 0.525. The third-order valence-electron chi connectivity index (χ3n) is 2.17. The summed E-state index contributed by atoms with van der Waals surface area (Å²) < 4.78 is 26.4. The van der Waals surface area contributed by atoms with Crippen molar-refractivity contribution in [2.75, 3.05) is 26.7 Å². The van der Waals surface area contributed by atoms with Crippen molar-refractivity contribution in [2.45, 2.75) is 20.3 Å². The Morgan fingerprint density at radius 1 is 1.31 bits per heavy atom. The van der Waals surface area contributed by atoms with E-state index in [-0.39, 0.29) is 0 Å². The van der Waals surface area contributed by atoms with Crippen LogP contribution >= 0.6 is 0 Å². The molecular formula is C8H18N2O2S. The second-order valence-corrected chi connectivity index (χ2v) is 5.97. The Labute approximate surface area is 80.7 Å². The van der Waals surface area contributed by atoms with Crippen molar-refractivity contribution in [1.82, 2.24) is 8.61 Å². The molecule has 0 atom stereocenters. The zero-order valence-corrected chi connectivity index (χ0v) is 9.34. The third-order valence-corrected chi connectivity index (χ3v) is 4.12. The van der Waals surface area contributed by atoms with Gasteiger partial charge in [0.15, 0.2) is 0 Å². The molecule has 13 heavy (non-hydrogen) atoms. The Morgan fingerprint density at radius 2 is 1.92 bits per heavy atom. The average molecular weight is 206 g/mol. The van der Waals surface area contributed by atoms with E-state index in [1.807, 2.05) is 13.8 Å². The first-order valence-electron chi connectivity index (χ1n) is 4.66. The lowest BCUT2D eigenvalue weighted by molar-refractivity contribution is 0.287. The quantitative estimate of drug-likeness (QED) is 0.661. The van der Waals surface area contributed by atoms with Crippen molar-refractivity contribution >= 4 is 10.2 Å². The predicted molar refractivity (Wildman–Crippen MR) is 52.6 cm³/mol. The first-order chi connectivity index (χ1) is 5.94. The number of hydrogen-bond acceptors (Lipinski definition) is 2. The highest BCUT2D eigenvalue weighted by molar-refractivity contribution is 7.86. The van der Waals surface area contributed by atoms with Gasteiger partial charge >= 0.3 is 0 Å².